The van der Waals surface area contributed by atoms with Crippen LogP contribution in [0.4, 0.5) is 0 Å². The zero-order valence-corrected chi connectivity index (χ0v) is 11.7. The van der Waals surface area contributed by atoms with Crippen LogP contribution in [0.15, 0.2) is 24.3 Å². The van der Waals surface area contributed by atoms with E-state index < -0.39 is 6.10 Å². The minimum atomic E-state index is -0.582. The van der Waals surface area contributed by atoms with Crippen LogP contribution in [0.25, 0.3) is 0 Å². The van der Waals surface area contributed by atoms with Crippen molar-refractivity contribution < 1.29 is 14.6 Å². The fourth-order valence-electron chi connectivity index (χ4n) is 1.48. The Balaban J connectivity index is 2.48. The summed E-state index contributed by atoms with van der Waals surface area (Å²) < 4.78 is 11.0. The average molecular weight is 252 g/mol. The van der Waals surface area contributed by atoms with Crippen LogP contribution >= 0.6 is 0 Å². The second-order valence-corrected chi connectivity index (χ2v) is 4.80. The van der Waals surface area contributed by atoms with Crippen molar-refractivity contribution in [1.82, 2.24) is 0 Å². The van der Waals surface area contributed by atoms with E-state index in [4.69, 9.17) is 9.47 Å². The first kappa shape index (κ1) is 15.0. The van der Waals surface area contributed by atoms with Gasteiger partial charge in [0.25, 0.3) is 0 Å². The largest absolute Gasteiger partial charge is 0.494 e. The molecule has 2 unspecified atom stereocenters. The van der Waals surface area contributed by atoms with Crippen molar-refractivity contribution >= 4 is 0 Å². The lowest BCUT2D eigenvalue weighted by atomic mass is 10.1. The lowest BCUT2D eigenvalue weighted by Gasteiger charge is -2.19. The van der Waals surface area contributed by atoms with Crippen LogP contribution < -0.4 is 4.74 Å². The van der Waals surface area contributed by atoms with Gasteiger partial charge in [-0.25, -0.2) is 0 Å². The molecule has 0 heterocycles. The molecular formula is C15H24O3. The molecule has 2 atom stereocenters. The van der Waals surface area contributed by atoms with Crippen molar-refractivity contribution in [2.24, 2.45) is 5.92 Å². The van der Waals surface area contributed by atoms with Gasteiger partial charge in [-0.1, -0.05) is 26.0 Å². The van der Waals surface area contributed by atoms with Gasteiger partial charge >= 0.3 is 0 Å². The zero-order chi connectivity index (χ0) is 13.5. The molecule has 1 aromatic rings. The molecule has 3 nitrogen and oxygen atoms in total. The Labute approximate surface area is 110 Å². The highest BCUT2D eigenvalue weighted by Crippen LogP contribution is 2.19. The molecule has 0 aliphatic rings. The summed E-state index contributed by atoms with van der Waals surface area (Å²) in [6, 6.07) is 7.49. The lowest BCUT2D eigenvalue weighted by molar-refractivity contribution is -0.0206. The van der Waals surface area contributed by atoms with Crippen molar-refractivity contribution in [3.63, 3.8) is 0 Å². The van der Waals surface area contributed by atoms with Crippen molar-refractivity contribution in [3.05, 3.63) is 29.8 Å². The van der Waals surface area contributed by atoms with E-state index in [1.165, 1.54) is 0 Å². The number of hydrogen-bond donors (Lipinski definition) is 1. The second kappa shape index (κ2) is 7.39. The molecule has 1 N–H and O–H groups in total. The average Bonchev–Trinajstić information content (AvgIpc) is 2.36. The summed E-state index contributed by atoms with van der Waals surface area (Å²) in [5, 5.41) is 10.0. The van der Waals surface area contributed by atoms with Crippen LogP contribution in [0, 0.1) is 5.92 Å². The van der Waals surface area contributed by atoms with Gasteiger partial charge in [0.15, 0.2) is 0 Å². The van der Waals surface area contributed by atoms with Gasteiger partial charge in [-0.15, -0.1) is 0 Å². The highest BCUT2D eigenvalue weighted by molar-refractivity contribution is 5.28. The molecule has 0 aliphatic heterocycles. The molecule has 0 saturated carbocycles. The van der Waals surface area contributed by atoms with Crippen LogP contribution in [0.2, 0.25) is 0 Å². The van der Waals surface area contributed by atoms with Crippen LogP contribution in [-0.4, -0.2) is 24.4 Å². The van der Waals surface area contributed by atoms with Gasteiger partial charge in [0, 0.05) is 0 Å². The molecule has 0 bridgehead atoms. The van der Waals surface area contributed by atoms with Crippen LogP contribution in [0.1, 0.15) is 39.4 Å². The third-order valence-corrected chi connectivity index (χ3v) is 3.03. The van der Waals surface area contributed by atoms with Crippen molar-refractivity contribution in [2.45, 2.75) is 39.9 Å². The summed E-state index contributed by atoms with van der Waals surface area (Å²) in [7, 11) is 0. The quantitative estimate of drug-likeness (QED) is 0.810. The minimum absolute atomic E-state index is 0.155. The first-order valence-corrected chi connectivity index (χ1v) is 6.57. The Kier molecular flexibility index (Phi) is 6.16. The van der Waals surface area contributed by atoms with Gasteiger partial charge in [-0.05, 0) is 37.5 Å². The number of benzene rings is 1. The summed E-state index contributed by atoms with van der Waals surface area (Å²) in [5.41, 5.74) is 0.856. The smallest absolute Gasteiger partial charge is 0.119 e. The minimum Gasteiger partial charge on any atom is -0.494 e. The maximum Gasteiger partial charge on any atom is 0.119 e. The normalized spacial score (nSPS) is 14.6. The van der Waals surface area contributed by atoms with E-state index in [0.717, 1.165) is 11.3 Å². The predicted octanol–water partition coefficient (Wildman–Crippen LogP) is 3.18. The Bertz CT molecular complexity index is 332. The molecule has 18 heavy (non-hydrogen) atoms. The van der Waals surface area contributed by atoms with Gasteiger partial charge in [0.2, 0.25) is 0 Å². The number of aliphatic hydroxyl groups excluding tert-OH is 1. The van der Waals surface area contributed by atoms with E-state index in [0.29, 0.717) is 19.1 Å². The van der Waals surface area contributed by atoms with E-state index in [2.05, 4.69) is 13.8 Å². The Morgan fingerprint density at radius 2 is 1.72 bits per heavy atom. The molecular weight excluding hydrogens is 228 g/mol. The highest BCUT2D eigenvalue weighted by Gasteiger charge is 2.12. The number of aliphatic hydroxyl groups is 1. The molecule has 1 rings (SSSR count). The number of hydrogen-bond acceptors (Lipinski definition) is 3. The van der Waals surface area contributed by atoms with Gasteiger partial charge < -0.3 is 14.6 Å². The summed E-state index contributed by atoms with van der Waals surface area (Å²) >= 11 is 0. The first-order valence-electron chi connectivity index (χ1n) is 6.57. The van der Waals surface area contributed by atoms with E-state index in [9.17, 15) is 5.11 Å². The van der Waals surface area contributed by atoms with E-state index in [1.54, 1.807) is 0 Å². The zero-order valence-electron chi connectivity index (χ0n) is 11.7. The van der Waals surface area contributed by atoms with E-state index in [1.807, 2.05) is 38.1 Å². The molecule has 1 aromatic carbocycles. The molecule has 0 aliphatic carbocycles. The van der Waals surface area contributed by atoms with Gasteiger partial charge in [-0.2, -0.15) is 0 Å². The Morgan fingerprint density at radius 3 is 2.22 bits per heavy atom. The summed E-state index contributed by atoms with van der Waals surface area (Å²) in [4.78, 5) is 0. The third-order valence-electron chi connectivity index (χ3n) is 3.03. The van der Waals surface area contributed by atoms with Gasteiger partial charge in [0.1, 0.15) is 11.9 Å². The molecule has 0 spiro atoms. The lowest BCUT2D eigenvalue weighted by Crippen LogP contribution is -2.19. The molecule has 0 fully saturated rings. The van der Waals surface area contributed by atoms with Crippen molar-refractivity contribution in [1.29, 1.82) is 0 Å². The molecule has 0 saturated heterocycles. The van der Waals surface area contributed by atoms with Gasteiger partial charge in [0.05, 0.1) is 19.3 Å². The molecule has 0 amide bonds. The molecule has 0 radical (unpaired) electrons. The Hall–Kier alpha value is -1.06. The van der Waals surface area contributed by atoms with Crippen molar-refractivity contribution in [2.75, 3.05) is 13.2 Å². The SMILES string of the molecule is CCOc1ccc(C(O)COC(C)C(C)C)cc1. The van der Waals surface area contributed by atoms with E-state index >= 15 is 0 Å². The Morgan fingerprint density at radius 1 is 1.11 bits per heavy atom. The third kappa shape index (κ3) is 4.67. The number of ether oxygens (including phenoxy) is 2. The monoisotopic (exact) mass is 252 g/mol. The number of rotatable bonds is 7. The predicted molar refractivity (Wildman–Crippen MR) is 72.8 cm³/mol. The molecule has 102 valence electrons. The highest BCUT2D eigenvalue weighted by atomic mass is 16.5. The second-order valence-electron chi connectivity index (χ2n) is 4.80. The molecule has 0 aromatic heterocycles. The maximum atomic E-state index is 10.0. The van der Waals surface area contributed by atoms with Crippen LogP contribution in [0.5, 0.6) is 5.75 Å². The topological polar surface area (TPSA) is 38.7 Å². The summed E-state index contributed by atoms with van der Waals surface area (Å²) in [5.74, 6) is 1.28. The maximum absolute atomic E-state index is 10.0. The van der Waals surface area contributed by atoms with Crippen molar-refractivity contribution in [3.8, 4) is 5.75 Å². The van der Waals surface area contributed by atoms with E-state index in [-0.39, 0.29) is 6.10 Å². The fourth-order valence-corrected chi connectivity index (χ4v) is 1.48. The molecule has 3 heteroatoms. The fraction of sp³-hybridized carbons (Fsp3) is 0.600. The summed E-state index contributed by atoms with van der Waals surface area (Å²) in [6.07, 6.45) is -0.427. The summed E-state index contributed by atoms with van der Waals surface area (Å²) in [6.45, 7) is 9.16. The van der Waals surface area contributed by atoms with Crippen LogP contribution in [0.3, 0.4) is 0 Å². The van der Waals surface area contributed by atoms with Gasteiger partial charge in [-0.3, -0.25) is 0 Å². The standard InChI is InChI=1S/C15H24O3/c1-5-17-14-8-6-13(7-9-14)15(16)10-18-12(4)11(2)3/h6-9,11-12,15-16H,5,10H2,1-4H3. The van der Waals surface area contributed by atoms with Crippen LogP contribution in [-0.2, 0) is 4.74 Å². The first-order chi connectivity index (χ1) is 8.54.